The number of nitrogens with zero attached hydrogens (tertiary/aromatic N) is 3. The first kappa shape index (κ1) is 31.2. The first-order valence-electron chi connectivity index (χ1n) is 16.4. The predicted octanol–water partition coefficient (Wildman–Crippen LogP) is 12.3. The SMILES string of the molecule is [C-]#[N+]c1cc(-c2cc(C#N)c(-n3c4cccc(C)c4c4c(C)cccc43)c(C3c4cccc(C)c4-c4c(C)cccc43)c2)cc(C(F)(F)F)c1. The first-order chi connectivity index (χ1) is 24.0. The maximum atomic E-state index is 14.1. The molecule has 242 valence electrons. The van der Waals surface area contributed by atoms with Crippen LogP contribution in [-0.2, 0) is 6.18 Å². The van der Waals surface area contributed by atoms with Gasteiger partial charge in [-0.05, 0) is 131 Å². The zero-order valence-corrected chi connectivity index (χ0v) is 27.9. The first-order valence-corrected chi connectivity index (χ1v) is 16.4. The molecule has 1 aromatic heterocycles. The summed E-state index contributed by atoms with van der Waals surface area (Å²) in [7, 11) is 0. The Bertz CT molecular complexity index is 2550. The van der Waals surface area contributed by atoms with Crippen LogP contribution < -0.4 is 0 Å². The summed E-state index contributed by atoms with van der Waals surface area (Å²) < 4.78 is 44.6. The van der Waals surface area contributed by atoms with Crippen LogP contribution in [0.15, 0.2) is 103 Å². The van der Waals surface area contributed by atoms with Gasteiger partial charge in [0.1, 0.15) is 6.07 Å². The van der Waals surface area contributed by atoms with Crippen molar-refractivity contribution in [2.75, 3.05) is 0 Å². The van der Waals surface area contributed by atoms with Crippen molar-refractivity contribution in [3.63, 3.8) is 0 Å². The van der Waals surface area contributed by atoms with Crippen LogP contribution >= 0.6 is 0 Å². The molecule has 6 heteroatoms. The fraction of sp³-hybridized carbons (Fsp3) is 0.136. The summed E-state index contributed by atoms with van der Waals surface area (Å²) in [5, 5.41) is 13.2. The fourth-order valence-corrected chi connectivity index (χ4v) is 8.13. The van der Waals surface area contributed by atoms with Crippen molar-refractivity contribution in [2.45, 2.75) is 39.8 Å². The standard InChI is InChI=1S/C44H30F3N3/c1-24-10-6-14-33-38(24)39-25(2)11-7-15-34(39)42(33)35-21-28(29-19-31(44(45,46)47)22-32(20-29)49-5)18-30(23-48)43(35)50-36-16-8-12-26(3)40(36)41-27(4)13-9-17-37(41)50/h6-22,42H,1-4H3. The fourth-order valence-electron chi connectivity index (χ4n) is 8.13. The number of aromatic nitrogens is 1. The number of halogens is 3. The molecule has 0 saturated carbocycles. The van der Waals surface area contributed by atoms with Gasteiger partial charge in [-0.2, -0.15) is 18.4 Å². The molecule has 0 bridgehead atoms. The van der Waals surface area contributed by atoms with E-state index in [1.807, 2.05) is 30.3 Å². The number of benzene rings is 6. The molecule has 8 rings (SSSR count). The molecule has 0 spiro atoms. The molecule has 7 aromatic rings. The smallest absolute Gasteiger partial charge is 0.308 e. The number of fused-ring (bicyclic) bond motifs is 6. The van der Waals surface area contributed by atoms with Gasteiger partial charge in [-0.3, -0.25) is 0 Å². The van der Waals surface area contributed by atoms with E-state index in [0.29, 0.717) is 16.8 Å². The quantitative estimate of drug-likeness (QED) is 0.174. The zero-order valence-electron chi connectivity index (χ0n) is 27.9. The minimum Gasteiger partial charge on any atom is -0.308 e. The number of hydrogen-bond donors (Lipinski definition) is 0. The topological polar surface area (TPSA) is 33.1 Å². The van der Waals surface area contributed by atoms with Crippen LogP contribution in [0.1, 0.15) is 56.0 Å². The van der Waals surface area contributed by atoms with Gasteiger partial charge < -0.3 is 4.57 Å². The van der Waals surface area contributed by atoms with E-state index in [1.54, 1.807) is 6.07 Å². The third-order valence-electron chi connectivity index (χ3n) is 10.2. The van der Waals surface area contributed by atoms with Crippen molar-refractivity contribution in [3.05, 3.63) is 165 Å². The summed E-state index contributed by atoms with van der Waals surface area (Å²) in [6.45, 7) is 16.0. The lowest BCUT2D eigenvalue weighted by Crippen LogP contribution is -2.10. The van der Waals surface area contributed by atoms with Crippen molar-refractivity contribution < 1.29 is 13.2 Å². The van der Waals surface area contributed by atoms with E-state index in [-0.39, 0.29) is 17.2 Å². The molecule has 0 saturated heterocycles. The average Bonchev–Trinajstić information content (AvgIpc) is 3.63. The van der Waals surface area contributed by atoms with Crippen LogP contribution in [0.25, 0.3) is 54.6 Å². The Labute approximate surface area is 288 Å². The Hall–Kier alpha value is -6.11. The van der Waals surface area contributed by atoms with Gasteiger partial charge in [-0.15, -0.1) is 0 Å². The average molecular weight is 658 g/mol. The lowest BCUT2D eigenvalue weighted by atomic mass is 9.84. The second kappa shape index (κ2) is 11.2. The van der Waals surface area contributed by atoms with Gasteiger partial charge in [-0.25, -0.2) is 4.85 Å². The van der Waals surface area contributed by atoms with Crippen LogP contribution in [0.2, 0.25) is 0 Å². The highest BCUT2D eigenvalue weighted by Crippen LogP contribution is 2.53. The van der Waals surface area contributed by atoms with Crippen LogP contribution in [0.3, 0.4) is 0 Å². The Morgan fingerprint density at radius 1 is 0.660 bits per heavy atom. The van der Waals surface area contributed by atoms with Gasteiger partial charge in [0.2, 0.25) is 0 Å². The van der Waals surface area contributed by atoms with Gasteiger partial charge in [0, 0.05) is 22.3 Å². The summed E-state index contributed by atoms with van der Waals surface area (Å²) >= 11 is 0. The number of alkyl halides is 3. The van der Waals surface area contributed by atoms with Crippen molar-refractivity contribution in [1.29, 1.82) is 5.26 Å². The monoisotopic (exact) mass is 657 g/mol. The molecule has 0 atom stereocenters. The van der Waals surface area contributed by atoms with E-state index in [1.165, 1.54) is 6.07 Å². The van der Waals surface area contributed by atoms with Gasteiger partial charge in [0.25, 0.3) is 0 Å². The molecule has 3 nitrogen and oxygen atoms in total. The molecular formula is C44H30F3N3. The van der Waals surface area contributed by atoms with Gasteiger partial charge in [0.05, 0.1) is 28.9 Å². The maximum absolute atomic E-state index is 14.1. The molecule has 0 fully saturated rings. The summed E-state index contributed by atoms with van der Waals surface area (Å²) in [6.07, 6.45) is -4.65. The second-order valence-corrected chi connectivity index (χ2v) is 13.2. The molecule has 6 aromatic carbocycles. The van der Waals surface area contributed by atoms with Crippen molar-refractivity contribution in [2.24, 2.45) is 0 Å². The highest BCUT2D eigenvalue weighted by atomic mass is 19.4. The molecular weight excluding hydrogens is 627 g/mol. The molecule has 0 unspecified atom stereocenters. The van der Waals surface area contributed by atoms with Crippen molar-refractivity contribution >= 4 is 27.5 Å². The number of aryl methyl sites for hydroxylation is 4. The normalized spacial score (nSPS) is 12.6. The minimum absolute atomic E-state index is 0.116. The predicted molar refractivity (Wildman–Crippen MR) is 194 cm³/mol. The Morgan fingerprint density at radius 2 is 1.18 bits per heavy atom. The largest absolute Gasteiger partial charge is 0.415 e. The molecule has 50 heavy (non-hydrogen) atoms. The summed E-state index contributed by atoms with van der Waals surface area (Å²) in [5.41, 5.74) is 12.3. The van der Waals surface area contributed by atoms with E-state index in [2.05, 4.69) is 91.7 Å². The van der Waals surface area contributed by atoms with E-state index >= 15 is 0 Å². The van der Waals surface area contributed by atoms with Crippen LogP contribution in [0.5, 0.6) is 0 Å². The second-order valence-electron chi connectivity index (χ2n) is 13.2. The highest BCUT2D eigenvalue weighted by molar-refractivity contribution is 6.12. The lowest BCUT2D eigenvalue weighted by Gasteiger charge is -2.23. The Balaban J connectivity index is 1.56. The van der Waals surface area contributed by atoms with E-state index in [4.69, 9.17) is 6.57 Å². The number of hydrogen-bond acceptors (Lipinski definition) is 1. The maximum Gasteiger partial charge on any atom is 0.415 e. The van der Waals surface area contributed by atoms with E-state index < -0.39 is 11.7 Å². The van der Waals surface area contributed by atoms with E-state index in [9.17, 15) is 18.4 Å². The summed E-state index contributed by atoms with van der Waals surface area (Å²) in [5.74, 6) is -0.324. The van der Waals surface area contributed by atoms with Crippen LogP contribution in [0.4, 0.5) is 18.9 Å². The summed E-state index contributed by atoms with van der Waals surface area (Å²) in [4.78, 5) is 3.38. The molecule has 1 aliphatic carbocycles. The minimum atomic E-state index is -4.65. The molecule has 1 aliphatic rings. The molecule has 1 heterocycles. The molecule has 0 amide bonds. The summed E-state index contributed by atoms with van der Waals surface area (Å²) in [6, 6.07) is 34.4. The number of rotatable bonds is 3. The third-order valence-corrected chi connectivity index (χ3v) is 10.2. The zero-order chi connectivity index (χ0) is 35.1. The third kappa shape index (κ3) is 4.56. The molecule has 0 aliphatic heterocycles. The molecule has 0 N–H and O–H groups in total. The Morgan fingerprint density at radius 3 is 1.70 bits per heavy atom. The molecule has 0 radical (unpaired) electrons. The van der Waals surface area contributed by atoms with Crippen LogP contribution in [0, 0.1) is 45.6 Å². The van der Waals surface area contributed by atoms with Crippen molar-refractivity contribution in [3.8, 4) is 34.0 Å². The Kier molecular flexibility index (Phi) is 7.00. The van der Waals surface area contributed by atoms with Gasteiger partial charge in [0.15, 0.2) is 5.69 Å². The van der Waals surface area contributed by atoms with Crippen molar-refractivity contribution in [1.82, 2.24) is 4.57 Å². The van der Waals surface area contributed by atoms with Gasteiger partial charge >= 0.3 is 6.18 Å². The number of nitriles is 1. The van der Waals surface area contributed by atoms with Crippen LogP contribution in [-0.4, -0.2) is 4.57 Å². The highest BCUT2D eigenvalue weighted by Gasteiger charge is 2.36. The van der Waals surface area contributed by atoms with E-state index in [0.717, 1.165) is 84.0 Å². The lowest BCUT2D eigenvalue weighted by molar-refractivity contribution is -0.137. The van der Waals surface area contributed by atoms with Gasteiger partial charge in [-0.1, -0.05) is 60.7 Å².